The molecule has 1 amide bonds. The number of amides is 1. The third kappa shape index (κ3) is 5.14. The number of aryl methyl sites for hydroxylation is 1. The van der Waals surface area contributed by atoms with Crippen molar-refractivity contribution in [2.45, 2.75) is 25.7 Å². The summed E-state index contributed by atoms with van der Waals surface area (Å²) in [5.74, 6) is 3.13. The van der Waals surface area contributed by atoms with Crippen molar-refractivity contribution >= 4 is 5.91 Å². The molecule has 5 nitrogen and oxygen atoms in total. The van der Waals surface area contributed by atoms with Gasteiger partial charge in [0.15, 0.2) is 18.1 Å². The van der Waals surface area contributed by atoms with E-state index in [4.69, 9.17) is 14.2 Å². The first-order chi connectivity index (χ1) is 16.3. The van der Waals surface area contributed by atoms with E-state index in [2.05, 4.69) is 24.3 Å². The zero-order valence-corrected chi connectivity index (χ0v) is 18.7. The smallest absolute Gasteiger partial charge is 0.260 e. The summed E-state index contributed by atoms with van der Waals surface area (Å²) in [4.78, 5) is 14.7. The summed E-state index contributed by atoms with van der Waals surface area (Å²) in [6.45, 7) is 1.99. The van der Waals surface area contributed by atoms with E-state index in [9.17, 15) is 4.79 Å². The highest BCUT2D eigenvalue weighted by molar-refractivity contribution is 5.78. The minimum atomic E-state index is 0.0621. The lowest BCUT2D eigenvalue weighted by atomic mass is 9.90. The number of likely N-dealkylation sites (tertiary alicyclic amines) is 1. The maximum atomic E-state index is 12.8. The van der Waals surface area contributed by atoms with Gasteiger partial charge in [-0.3, -0.25) is 4.79 Å². The number of carbonyl (C=O) groups excluding carboxylic acids is 1. The molecule has 5 heteroatoms. The van der Waals surface area contributed by atoms with E-state index in [-0.39, 0.29) is 12.5 Å². The molecule has 1 fully saturated rings. The van der Waals surface area contributed by atoms with Crippen LogP contribution in [0.15, 0.2) is 72.8 Å². The molecule has 170 valence electrons. The lowest BCUT2D eigenvalue weighted by Gasteiger charge is -2.32. The molecule has 33 heavy (non-hydrogen) atoms. The van der Waals surface area contributed by atoms with Gasteiger partial charge < -0.3 is 19.1 Å². The Kier molecular flexibility index (Phi) is 6.47. The van der Waals surface area contributed by atoms with Gasteiger partial charge >= 0.3 is 0 Å². The molecule has 2 heterocycles. The fraction of sp³-hybridized carbons (Fsp3) is 0.321. The second kappa shape index (κ2) is 9.99. The van der Waals surface area contributed by atoms with E-state index in [1.165, 1.54) is 5.56 Å². The molecule has 2 aliphatic heterocycles. The largest absolute Gasteiger partial charge is 0.483 e. The van der Waals surface area contributed by atoms with Crippen LogP contribution in [-0.4, -0.2) is 37.3 Å². The molecule has 0 bridgehead atoms. The summed E-state index contributed by atoms with van der Waals surface area (Å²) in [5, 5.41) is 0. The van der Waals surface area contributed by atoms with E-state index in [0.29, 0.717) is 12.7 Å². The molecule has 0 atom stereocenters. The van der Waals surface area contributed by atoms with Crippen molar-refractivity contribution in [1.29, 1.82) is 0 Å². The van der Waals surface area contributed by atoms with Gasteiger partial charge in [-0.2, -0.15) is 0 Å². The summed E-state index contributed by atoms with van der Waals surface area (Å²) in [6.07, 6.45) is 4.23. The van der Waals surface area contributed by atoms with Crippen molar-refractivity contribution in [1.82, 2.24) is 4.90 Å². The lowest BCUT2D eigenvalue weighted by Crippen LogP contribution is -2.41. The maximum Gasteiger partial charge on any atom is 0.260 e. The summed E-state index contributed by atoms with van der Waals surface area (Å²) < 4.78 is 16.8. The number of rotatable bonds is 7. The van der Waals surface area contributed by atoms with E-state index < -0.39 is 0 Å². The Balaban J connectivity index is 1.09. The number of hydrogen-bond donors (Lipinski definition) is 0. The number of carbonyl (C=O) groups is 1. The van der Waals surface area contributed by atoms with Crippen LogP contribution in [0.3, 0.4) is 0 Å². The first kappa shape index (κ1) is 21.4. The highest BCUT2D eigenvalue weighted by Crippen LogP contribution is 2.34. The number of fused-ring (bicyclic) bond motifs is 1. The zero-order valence-electron chi connectivity index (χ0n) is 18.7. The first-order valence-corrected chi connectivity index (χ1v) is 11.7. The molecular weight excluding hydrogens is 414 g/mol. The van der Waals surface area contributed by atoms with Crippen LogP contribution in [0, 0.1) is 5.92 Å². The average Bonchev–Trinajstić information content (AvgIpc) is 3.35. The highest BCUT2D eigenvalue weighted by atomic mass is 16.7. The van der Waals surface area contributed by atoms with Crippen LogP contribution in [0.5, 0.6) is 17.2 Å². The zero-order chi connectivity index (χ0) is 22.5. The molecule has 0 saturated carbocycles. The second-order valence-electron chi connectivity index (χ2n) is 8.70. The Labute approximate surface area is 194 Å². The highest BCUT2D eigenvalue weighted by Gasteiger charge is 2.23. The summed E-state index contributed by atoms with van der Waals surface area (Å²) in [5.41, 5.74) is 3.38. The molecule has 0 aromatic heterocycles. The second-order valence-corrected chi connectivity index (χ2v) is 8.70. The standard InChI is InChI=1S/C28H29NO4/c30-28(19-31-25-9-5-4-8-24(25)23-6-2-1-3-7-23)29-16-14-21(15-17-29)10-11-22-12-13-26-27(18-22)33-20-32-26/h1-9,12-13,18,21H,10-11,14-17,19-20H2. The Morgan fingerprint density at radius 2 is 1.67 bits per heavy atom. The molecule has 0 spiro atoms. The third-order valence-corrected chi connectivity index (χ3v) is 6.57. The number of benzene rings is 3. The molecule has 0 aliphatic carbocycles. The Hall–Kier alpha value is -3.47. The molecule has 3 aromatic carbocycles. The van der Waals surface area contributed by atoms with E-state index >= 15 is 0 Å². The van der Waals surface area contributed by atoms with Gasteiger partial charge in [0.2, 0.25) is 6.79 Å². The number of nitrogens with zero attached hydrogens (tertiary/aromatic N) is 1. The van der Waals surface area contributed by atoms with Gasteiger partial charge in [-0.05, 0) is 60.9 Å². The van der Waals surface area contributed by atoms with Gasteiger partial charge in [-0.25, -0.2) is 0 Å². The van der Waals surface area contributed by atoms with Crippen molar-refractivity contribution in [3.8, 4) is 28.4 Å². The Bertz CT molecular complexity index is 1090. The fourth-order valence-corrected chi connectivity index (χ4v) is 4.62. The van der Waals surface area contributed by atoms with Gasteiger partial charge in [-0.1, -0.05) is 54.6 Å². The van der Waals surface area contributed by atoms with Gasteiger partial charge in [0.05, 0.1) is 0 Å². The van der Waals surface area contributed by atoms with E-state index in [1.54, 1.807) is 0 Å². The predicted molar refractivity (Wildman–Crippen MR) is 128 cm³/mol. The van der Waals surface area contributed by atoms with Crippen LogP contribution < -0.4 is 14.2 Å². The van der Waals surface area contributed by atoms with Crippen LogP contribution in [0.25, 0.3) is 11.1 Å². The molecule has 1 saturated heterocycles. The summed E-state index contributed by atoms with van der Waals surface area (Å²) in [7, 11) is 0. The van der Waals surface area contributed by atoms with Crippen LogP contribution in [0.2, 0.25) is 0 Å². The van der Waals surface area contributed by atoms with Crippen molar-refractivity contribution in [3.63, 3.8) is 0 Å². The Morgan fingerprint density at radius 3 is 2.52 bits per heavy atom. The van der Waals surface area contributed by atoms with Crippen LogP contribution >= 0.6 is 0 Å². The van der Waals surface area contributed by atoms with Gasteiger partial charge in [0.1, 0.15) is 5.75 Å². The normalized spacial score (nSPS) is 15.5. The van der Waals surface area contributed by atoms with E-state index in [1.807, 2.05) is 53.4 Å². The van der Waals surface area contributed by atoms with E-state index in [0.717, 1.165) is 67.1 Å². The molecular formula is C28H29NO4. The SMILES string of the molecule is O=C(COc1ccccc1-c1ccccc1)N1CCC(CCc2ccc3c(c2)OCO3)CC1. The molecule has 3 aromatic rings. The van der Waals surface area contributed by atoms with Crippen LogP contribution in [0.1, 0.15) is 24.8 Å². The molecule has 0 unspecified atom stereocenters. The van der Waals surface area contributed by atoms with Crippen molar-refractivity contribution < 1.29 is 19.0 Å². The topological polar surface area (TPSA) is 48.0 Å². The van der Waals surface area contributed by atoms with Gasteiger partial charge in [0, 0.05) is 18.7 Å². The summed E-state index contributed by atoms with van der Waals surface area (Å²) >= 11 is 0. The quantitative estimate of drug-likeness (QED) is 0.495. The predicted octanol–water partition coefficient (Wildman–Crippen LogP) is 5.33. The first-order valence-electron chi connectivity index (χ1n) is 11.7. The molecule has 0 N–H and O–H groups in total. The lowest BCUT2D eigenvalue weighted by molar-refractivity contribution is -0.134. The fourth-order valence-electron chi connectivity index (χ4n) is 4.62. The van der Waals surface area contributed by atoms with Crippen molar-refractivity contribution in [3.05, 3.63) is 78.4 Å². The van der Waals surface area contributed by atoms with Crippen molar-refractivity contribution in [2.24, 2.45) is 5.92 Å². The maximum absolute atomic E-state index is 12.8. The van der Waals surface area contributed by atoms with Crippen molar-refractivity contribution in [2.75, 3.05) is 26.5 Å². The number of ether oxygens (including phenoxy) is 3. The summed E-state index contributed by atoms with van der Waals surface area (Å²) in [6, 6.07) is 24.2. The number of hydrogen-bond acceptors (Lipinski definition) is 4. The molecule has 5 rings (SSSR count). The number of piperidine rings is 1. The minimum Gasteiger partial charge on any atom is -0.483 e. The third-order valence-electron chi connectivity index (χ3n) is 6.57. The van der Waals surface area contributed by atoms with Gasteiger partial charge in [0.25, 0.3) is 5.91 Å². The Morgan fingerprint density at radius 1 is 0.909 bits per heavy atom. The molecule has 2 aliphatic rings. The average molecular weight is 444 g/mol. The van der Waals surface area contributed by atoms with Crippen LogP contribution in [0.4, 0.5) is 0 Å². The molecule has 0 radical (unpaired) electrons. The minimum absolute atomic E-state index is 0.0621. The number of para-hydroxylation sites is 1. The van der Waals surface area contributed by atoms with Crippen LogP contribution in [-0.2, 0) is 11.2 Å². The van der Waals surface area contributed by atoms with Gasteiger partial charge in [-0.15, -0.1) is 0 Å². The monoisotopic (exact) mass is 443 g/mol.